The molecule has 2 aliphatic heterocycles. The van der Waals surface area contributed by atoms with Crippen molar-refractivity contribution in [1.29, 1.82) is 5.26 Å². The number of thioether (sulfide) groups is 1. The Kier molecular flexibility index (Phi) is 6.79. The predicted molar refractivity (Wildman–Crippen MR) is 150 cm³/mol. The van der Waals surface area contributed by atoms with E-state index in [0.717, 1.165) is 53.3 Å². The van der Waals surface area contributed by atoms with E-state index in [0.29, 0.717) is 36.2 Å². The van der Waals surface area contributed by atoms with Crippen LogP contribution in [0.25, 0.3) is 10.8 Å². The molecular weight excluding hydrogens is 494 g/mol. The number of carbonyl (C=O) groups excluding carboxylic acids is 1. The Balaban J connectivity index is 1.17. The van der Waals surface area contributed by atoms with Gasteiger partial charge in [-0.25, -0.2) is 4.98 Å². The van der Waals surface area contributed by atoms with Crippen LogP contribution in [0.4, 0.5) is 5.69 Å². The zero-order chi connectivity index (χ0) is 26.1. The average molecular weight is 524 g/mol. The molecule has 0 unspecified atom stereocenters. The van der Waals surface area contributed by atoms with Crippen molar-refractivity contribution < 1.29 is 9.53 Å². The quantitative estimate of drug-likeness (QED) is 0.312. The lowest BCUT2D eigenvalue weighted by Gasteiger charge is -2.35. The minimum absolute atomic E-state index is 0.102. The molecule has 0 bridgehead atoms. The summed E-state index contributed by atoms with van der Waals surface area (Å²) in [4.78, 5) is 22.1. The molecule has 7 nitrogen and oxygen atoms in total. The average Bonchev–Trinajstić information content (AvgIpc) is 3.54. The molecule has 6 rings (SSSR count). The zero-order valence-corrected chi connectivity index (χ0v) is 22.2. The first-order chi connectivity index (χ1) is 18.6. The van der Waals surface area contributed by atoms with Crippen LogP contribution in [0, 0.1) is 11.3 Å². The second kappa shape index (κ2) is 10.5. The van der Waals surface area contributed by atoms with Crippen LogP contribution in [0.3, 0.4) is 0 Å². The fourth-order valence-electron chi connectivity index (χ4n) is 5.35. The van der Waals surface area contributed by atoms with Gasteiger partial charge in [0.05, 0.1) is 17.8 Å². The van der Waals surface area contributed by atoms with E-state index in [9.17, 15) is 10.1 Å². The van der Waals surface area contributed by atoms with Crippen molar-refractivity contribution >= 4 is 34.1 Å². The molecule has 0 radical (unpaired) electrons. The van der Waals surface area contributed by atoms with Gasteiger partial charge in [-0.15, -0.1) is 0 Å². The van der Waals surface area contributed by atoms with E-state index in [1.807, 2.05) is 71.4 Å². The highest BCUT2D eigenvalue weighted by molar-refractivity contribution is 7.99. The van der Waals surface area contributed by atoms with Gasteiger partial charge in [0.2, 0.25) is 5.91 Å². The molecule has 3 aromatic carbocycles. The van der Waals surface area contributed by atoms with Gasteiger partial charge in [0.25, 0.3) is 0 Å². The topological polar surface area (TPSA) is 74.4 Å². The molecule has 192 valence electrons. The SMILES string of the molecule is CC[C@@H]1CSc2ncc(CCN3CCN(c4cccc5ccc(Oc6ccccc6C#N)cc45)C(=O)C3)n21. The van der Waals surface area contributed by atoms with Crippen molar-refractivity contribution in [3.05, 3.63) is 78.1 Å². The molecule has 1 atom stereocenters. The lowest BCUT2D eigenvalue weighted by Crippen LogP contribution is -2.51. The van der Waals surface area contributed by atoms with Gasteiger partial charge in [-0.2, -0.15) is 5.26 Å². The lowest BCUT2D eigenvalue weighted by atomic mass is 10.1. The molecule has 1 aromatic heterocycles. The van der Waals surface area contributed by atoms with Gasteiger partial charge >= 0.3 is 0 Å². The number of hydrogen-bond acceptors (Lipinski definition) is 6. The summed E-state index contributed by atoms with van der Waals surface area (Å²) in [6.07, 6.45) is 4.02. The van der Waals surface area contributed by atoms with Gasteiger partial charge in [-0.05, 0) is 42.1 Å². The second-order valence-corrected chi connectivity index (χ2v) is 10.7. The molecule has 0 spiro atoms. The summed E-state index contributed by atoms with van der Waals surface area (Å²) in [7, 11) is 0. The first-order valence-electron chi connectivity index (χ1n) is 13.1. The highest BCUT2D eigenvalue weighted by atomic mass is 32.2. The maximum atomic E-state index is 13.4. The van der Waals surface area contributed by atoms with Crippen molar-refractivity contribution in [2.75, 3.05) is 36.8 Å². The number of anilines is 1. The Hall–Kier alpha value is -3.80. The van der Waals surface area contributed by atoms with Crippen molar-refractivity contribution in [2.24, 2.45) is 0 Å². The van der Waals surface area contributed by atoms with Gasteiger partial charge in [0, 0.05) is 55.1 Å². The van der Waals surface area contributed by atoms with Crippen LogP contribution in [-0.2, 0) is 11.2 Å². The van der Waals surface area contributed by atoms with Crippen molar-refractivity contribution in [1.82, 2.24) is 14.5 Å². The summed E-state index contributed by atoms with van der Waals surface area (Å²) in [5, 5.41) is 12.5. The molecule has 2 aliphatic rings. The highest BCUT2D eigenvalue weighted by Gasteiger charge is 2.28. The fourth-order valence-corrected chi connectivity index (χ4v) is 6.61. The van der Waals surface area contributed by atoms with Crippen LogP contribution in [0.15, 0.2) is 72.0 Å². The second-order valence-electron chi connectivity index (χ2n) is 9.72. The van der Waals surface area contributed by atoms with Crippen LogP contribution in [0.5, 0.6) is 11.5 Å². The molecule has 0 N–H and O–H groups in total. The molecule has 8 heteroatoms. The number of ether oxygens (including phenoxy) is 1. The number of imidazole rings is 1. The number of nitrogens with zero attached hydrogens (tertiary/aromatic N) is 5. The Morgan fingerprint density at radius 3 is 2.87 bits per heavy atom. The Morgan fingerprint density at radius 2 is 2.03 bits per heavy atom. The lowest BCUT2D eigenvalue weighted by molar-refractivity contribution is -0.121. The summed E-state index contributed by atoms with van der Waals surface area (Å²) >= 11 is 1.84. The largest absolute Gasteiger partial charge is 0.456 e. The minimum Gasteiger partial charge on any atom is -0.456 e. The molecule has 1 amide bonds. The Labute approximate surface area is 226 Å². The molecule has 1 fully saturated rings. The number of carbonyl (C=O) groups is 1. The van der Waals surface area contributed by atoms with E-state index >= 15 is 0 Å². The molecule has 3 heterocycles. The minimum atomic E-state index is 0.102. The van der Waals surface area contributed by atoms with Crippen LogP contribution in [-0.4, -0.2) is 52.3 Å². The number of fused-ring (bicyclic) bond motifs is 2. The zero-order valence-electron chi connectivity index (χ0n) is 21.3. The molecular formula is C30H29N5O2S. The monoisotopic (exact) mass is 523 g/mol. The van der Waals surface area contributed by atoms with Gasteiger partial charge < -0.3 is 14.2 Å². The fraction of sp³-hybridized carbons (Fsp3) is 0.300. The van der Waals surface area contributed by atoms with Crippen LogP contribution in [0.2, 0.25) is 0 Å². The normalized spacial score (nSPS) is 17.5. The third-order valence-electron chi connectivity index (χ3n) is 7.42. The van der Waals surface area contributed by atoms with Crippen LogP contribution in [0.1, 0.15) is 30.6 Å². The molecule has 0 saturated carbocycles. The maximum absolute atomic E-state index is 13.4. The first-order valence-corrected chi connectivity index (χ1v) is 14.0. The molecule has 1 saturated heterocycles. The standard InChI is InChI=1S/C30H29N5O2S/c1-2-23-20-38-30-32-18-24(35(23)30)12-13-33-14-15-34(29(36)19-33)27-8-5-7-21-10-11-25(16-26(21)27)37-28-9-4-3-6-22(28)17-31/h3-11,16,18,23H,2,12-15,19-20H2,1H3/t23-/m1/s1. The maximum Gasteiger partial charge on any atom is 0.241 e. The predicted octanol–water partition coefficient (Wildman–Crippen LogP) is 5.65. The van der Waals surface area contributed by atoms with Gasteiger partial charge in [0.15, 0.2) is 5.16 Å². The van der Waals surface area contributed by atoms with Crippen LogP contribution < -0.4 is 9.64 Å². The summed E-state index contributed by atoms with van der Waals surface area (Å²) in [5.41, 5.74) is 2.64. The number of rotatable bonds is 7. The third-order valence-corrected chi connectivity index (χ3v) is 8.53. The molecule has 4 aromatic rings. The smallest absolute Gasteiger partial charge is 0.241 e. The molecule has 38 heavy (non-hydrogen) atoms. The van der Waals surface area contributed by atoms with Crippen LogP contribution >= 0.6 is 11.8 Å². The molecule has 0 aliphatic carbocycles. The summed E-state index contributed by atoms with van der Waals surface area (Å²) < 4.78 is 8.46. The van der Waals surface area contributed by atoms with Crippen molar-refractivity contribution in [3.8, 4) is 17.6 Å². The van der Waals surface area contributed by atoms with E-state index in [1.165, 1.54) is 5.69 Å². The highest BCUT2D eigenvalue weighted by Crippen LogP contribution is 2.36. The summed E-state index contributed by atoms with van der Waals surface area (Å²) in [5.74, 6) is 2.36. The number of piperazine rings is 1. The van der Waals surface area contributed by atoms with Gasteiger partial charge in [-0.3, -0.25) is 9.69 Å². The van der Waals surface area contributed by atoms with E-state index in [4.69, 9.17) is 4.74 Å². The van der Waals surface area contributed by atoms with Gasteiger partial charge in [0.1, 0.15) is 17.6 Å². The van der Waals surface area contributed by atoms with E-state index in [2.05, 4.69) is 27.4 Å². The summed E-state index contributed by atoms with van der Waals surface area (Å²) in [6, 6.07) is 21.8. The number of aromatic nitrogens is 2. The number of para-hydroxylation sites is 1. The number of amides is 1. The number of benzene rings is 3. The van der Waals surface area contributed by atoms with Gasteiger partial charge in [-0.1, -0.05) is 49.0 Å². The summed E-state index contributed by atoms with van der Waals surface area (Å²) in [6.45, 7) is 4.93. The van der Waals surface area contributed by atoms with E-state index in [-0.39, 0.29) is 5.91 Å². The number of hydrogen-bond donors (Lipinski definition) is 0. The van der Waals surface area contributed by atoms with Crippen molar-refractivity contribution in [3.63, 3.8) is 0 Å². The Bertz CT molecular complexity index is 1540. The van der Waals surface area contributed by atoms with Crippen molar-refractivity contribution in [2.45, 2.75) is 31.0 Å². The third kappa shape index (κ3) is 4.64. The number of nitriles is 1. The van der Waals surface area contributed by atoms with E-state index in [1.54, 1.807) is 12.1 Å². The first kappa shape index (κ1) is 24.5. The van der Waals surface area contributed by atoms with E-state index < -0.39 is 0 Å². The Morgan fingerprint density at radius 1 is 1.13 bits per heavy atom.